The number of hydrogen-bond donors (Lipinski definition) is 3. The Morgan fingerprint density at radius 1 is 0.902 bits per heavy atom. The number of hydrazine groups is 1. The molecule has 1 fully saturated rings. The number of rotatable bonds is 17. The Balaban J connectivity index is 1.48. The molecule has 1 aliphatic rings. The van der Waals surface area contributed by atoms with Gasteiger partial charge in [-0.15, -0.1) is 0 Å². The average Bonchev–Trinajstić information content (AvgIpc) is 3.41. The Labute approximate surface area is 321 Å². The zero-order valence-electron chi connectivity index (χ0n) is 29.8. The SMILES string of the molecule is CCCCCCCCCCCCC(Nc1ccc(Cl)c(N=C2CC(=O)N(c3c(Cl)cc(Cl)cc3Cl)N2)c1)C(=O)Oc1ccc(O)c(C(C)(C)C)c1. The zero-order valence-corrected chi connectivity index (χ0v) is 32.8. The predicted octanol–water partition coefficient (Wildman–Crippen LogP) is 12.0. The van der Waals surface area contributed by atoms with E-state index < -0.39 is 12.0 Å². The van der Waals surface area contributed by atoms with Crippen LogP contribution in [0.1, 0.15) is 110 Å². The minimum Gasteiger partial charge on any atom is -0.508 e. The number of unbranched alkanes of at least 4 members (excludes halogenated alkanes) is 9. The maximum absolute atomic E-state index is 13.7. The summed E-state index contributed by atoms with van der Waals surface area (Å²) in [7, 11) is 0. The maximum Gasteiger partial charge on any atom is 0.333 e. The number of halogens is 4. The van der Waals surface area contributed by atoms with Gasteiger partial charge in [0, 0.05) is 16.3 Å². The van der Waals surface area contributed by atoms with Crippen molar-refractivity contribution >= 4 is 81.2 Å². The van der Waals surface area contributed by atoms with Gasteiger partial charge < -0.3 is 15.2 Å². The van der Waals surface area contributed by atoms with Crippen molar-refractivity contribution in [2.45, 2.75) is 116 Å². The minimum absolute atomic E-state index is 0.0415. The van der Waals surface area contributed by atoms with E-state index in [1.165, 1.54) is 62.1 Å². The van der Waals surface area contributed by atoms with E-state index in [-0.39, 0.29) is 39.2 Å². The third-order valence-corrected chi connectivity index (χ3v) is 9.80. The topological polar surface area (TPSA) is 103 Å². The highest BCUT2D eigenvalue weighted by atomic mass is 35.5. The van der Waals surface area contributed by atoms with E-state index >= 15 is 0 Å². The van der Waals surface area contributed by atoms with Crippen LogP contribution in [0.25, 0.3) is 0 Å². The Morgan fingerprint density at radius 3 is 2.16 bits per heavy atom. The van der Waals surface area contributed by atoms with E-state index in [0.717, 1.165) is 19.3 Å². The predicted molar refractivity (Wildman–Crippen MR) is 212 cm³/mol. The number of carbonyl (C=O) groups excluding carboxylic acids is 2. The summed E-state index contributed by atoms with van der Waals surface area (Å²) in [5.74, 6) is 0.106. The molecule has 4 rings (SSSR count). The second-order valence-electron chi connectivity index (χ2n) is 14.0. The molecule has 1 unspecified atom stereocenters. The van der Waals surface area contributed by atoms with Crippen molar-refractivity contribution in [2.24, 2.45) is 4.99 Å². The minimum atomic E-state index is -0.663. The van der Waals surface area contributed by atoms with Crippen LogP contribution in [0.2, 0.25) is 20.1 Å². The number of benzene rings is 3. The third-order valence-electron chi connectivity index (χ3n) is 8.68. The molecule has 12 heteroatoms. The lowest BCUT2D eigenvalue weighted by Gasteiger charge is -2.22. The summed E-state index contributed by atoms with van der Waals surface area (Å²) in [6.07, 6.45) is 12.3. The first kappa shape index (κ1) is 40.6. The van der Waals surface area contributed by atoms with Crippen molar-refractivity contribution in [2.75, 3.05) is 10.3 Å². The standard InChI is InChI=1S/C39H48Cl4N4O4/c1-5-6-7-8-9-10-11-12-13-14-15-32(38(50)51-27-17-19-34(48)28(23-27)39(2,3)4)44-26-16-18-29(41)33(22-26)45-35-24-36(49)47(46-35)37-30(42)20-25(40)21-31(37)43/h16-23,32,44,48H,5-15,24H2,1-4H3,(H,45,46). The first-order valence-electron chi connectivity index (χ1n) is 17.7. The summed E-state index contributed by atoms with van der Waals surface area (Å²) >= 11 is 25.3. The molecular weight excluding hydrogens is 730 g/mol. The monoisotopic (exact) mass is 776 g/mol. The summed E-state index contributed by atoms with van der Waals surface area (Å²) in [4.78, 5) is 31.3. The Morgan fingerprint density at radius 2 is 1.53 bits per heavy atom. The summed E-state index contributed by atoms with van der Waals surface area (Å²) in [5.41, 5.74) is 4.59. The van der Waals surface area contributed by atoms with Crippen LogP contribution in [0.4, 0.5) is 17.1 Å². The highest BCUT2D eigenvalue weighted by Crippen LogP contribution is 2.38. The lowest BCUT2D eigenvalue weighted by molar-refractivity contribution is -0.135. The number of nitrogens with one attached hydrogen (secondary N) is 2. The van der Waals surface area contributed by atoms with Crippen molar-refractivity contribution in [3.63, 3.8) is 0 Å². The summed E-state index contributed by atoms with van der Waals surface area (Å²) in [5, 5.41) is 16.1. The highest BCUT2D eigenvalue weighted by molar-refractivity contribution is 6.42. The largest absolute Gasteiger partial charge is 0.508 e. The number of aromatic hydroxyl groups is 1. The molecule has 0 saturated carbocycles. The fourth-order valence-electron chi connectivity index (χ4n) is 5.93. The zero-order chi connectivity index (χ0) is 37.1. The van der Waals surface area contributed by atoms with Gasteiger partial charge in [-0.25, -0.2) is 14.8 Å². The number of ether oxygens (including phenoxy) is 1. The van der Waals surface area contributed by atoms with Crippen LogP contribution < -0.4 is 20.5 Å². The van der Waals surface area contributed by atoms with Gasteiger partial charge in [0.1, 0.15) is 29.1 Å². The molecule has 1 atom stereocenters. The van der Waals surface area contributed by atoms with E-state index in [1.54, 1.807) is 36.4 Å². The van der Waals surface area contributed by atoms with Crippen molar-refractivity contribution in [3.05, 3.63) is 74.2 Å². The number of hydrogen-bond acceptors (Lipinski definition) is 6. The molecule has 1 saturated heterocycles. The molecule has 1 heterocycles. The first-order chi connectivity index (χ1) is 24.3. The molecule has 3 aromatic carbocycles. The lowest BCUT2D eigenvalue weighted by atomic mass is 9.86. The van der Waals surface area contributed by atoms with Crippen LogP contribution in [0.15, 0.2) is 53.5 Å². The molecule has 3 aromatic rings. The molecule has 1 amide bonds. The number of phenolic OH excluding ortho intramolecular Hbond substituents is 1. The fourth-order valence-corrected chi connectivity index (χ4v) is 7.08. The van der Waals surface area contributed by atoms with Crippen molar-refractivity contribution < 1.29 is 19.4 Å². The highest BCUT2D eigenvalue weighted by Gasteiger charge is 2.31. The van der Waals surface area contributed by atoms with Gasteiger partial charge in [0.15, 0.2) is 0 Å². The lowest BCUT2D eigenvalue weighted by Crippen LogP contribution is -2.36. The van der Waals surface area contributed by atoms with Gasteiger partial charge >= 0.3 is 5.97 Å². The van der Waals surface area contributed by atoms with E-state index in [0.29, 0.717) is 45.0 Å². The first-order valence-corrected chi connectivity index (χ1v) is 19.2. The van der Waals surface area contributed by atoms with Crippen LogP contribution in [0, 0.1) is 0 Å². The van der Waals surface area contributed by atoms with Gasteiger partial charge in [-0.05, 0) is 60.4 Å². The molecule has 0 bridgehead atoms. The summed E-state index contributed by atoms with van der Waals surface area (Å²) in [6, 6.07) is 12.4. The van der Waals surface area contributed by atoms with Crippen LogP contribution in [-0.4, -0.2) is 28.9 Å². The molecule has 0 radical (unpaired) electrons. The smallest absolute Gasteiger partial charge is 0.333 e. The third kappa shape index (κ3) is 11.9. The van der Waals surface area contributed by atoms with E-state index in [2.05, 4.69) is 22.7 Å². The molecule has 0 spiro atoms. The second kappa shape index (κ2) is 19.1. The van der Waals surface area contributed by atoms with Gasteiger partial charge in [-0.3, -0.25) is 10.2 Å². The van der Waals surface area contributed by atoms with Gasteiger partial charge in [0.25, 0.3) is 5.91 Å². The normalized spacial score (nSPS) is 14.5. The molecule has 8 nitrogen and oxygen atoms in total. The van der Waals surface area contributed by atoms with Crippen LogP contribution >= 0.6 is 46.4 Å². The number of anilines is 2. The molecule has 0 aromatic heterocycles. The van der Waals surface area contributed by atoms with Crippen molar-refractivity contribution in [3.8, 4) is 11.5 Å². The number of nitrogens with zero attached hydrogens (tertiary/aromatic N) is 2. The van der Waals surface area contributed by atoms with Gasteiger partial charge in [0.05, 0.1) is 27.2 Å². The van der Waals surface area contributed by atoms with Crippen molar-refractivity contribution in [1.82, 2.24) is 5.43 Å². The molecule has 3 N–H and O–H groups in total. The van der Waals surface area contributed by atoms with Crippen LogP contribution in [0.5, 0.6) is 11.5 Å². The number of amidine groups is 1. The fraction of sp³-hybridized carbons (Fsp3) is 0.462. The van der Waals surface area contributed by atoms with E-state index in [9.17, 15) is 14.7 Å². The molecular formula is C39H48Cl4N4O4. The number of carbonyl (C=O) groups is 2. The molecule has 51 heavy (non-hydrogen) atoms. The van der Waals surface area contributed by atoms with Crippen LogP contribution in [0.3, 0.4) is 0 Å². The van der Waals surface area contributed by atoms with Gasteiger partial charge in [-0.2, -0.15) is 0 Å². The number of esters is 1. The summed E-state index contributed by atoms with van der Waals surface area (Å²) < 4.78 is 5.89. The second-order valence-corrected chi connectivity index (χ2v) is 15.6. The Bertz CT molecular complexity index is 1690. The quantitative estimate of drug-likeness (QED) is 0.0716. The molecule has 276 valence electrons. The number of phenols is 1. The van der Waals surface area contributed by atoms with Crippen molar-refractivity contribution in [1.29, 1.82) is 0 Å². The van der Waals surface area contributed by atoms with Gasteiger partial charge in [0.2, 0.25) is 0 Å². The Kier molecular flexibility index (Phi) is 15.2. The summed E-state index contributed by atoms with van der Waals surface area (Å²) in [6.45, 7) is 8.19. The molecule has 0 aliphatic carbocycles. The number of aliphatic imine (C=N–C) groups is 1. The average molecular weight is 779 g/mol. The van der Waals surface area contributed by atoms with E-state index in [4.69, 9.17) is 51.1 Å². The molecule has 1 aliphatic heterocycles. The van der Waals surface area contributed by atoms with E-state index in [1.807, 2.05) is 20.8 Å². The maximum atomic E-state index is 13.7. The van der Waals surface area contributed by atoms with Gasteiger partial charge in [-0.1, -0.05) is 138 Å². The van der Waals surface area contributed by atoms with Crippen LogP contribution in [-0.2, 0) is 15.0 Å². The number of amides is 1. The Hall–Kier alpha value is -3.17.